The number of halogens is 1. The van der Waals surface area contributed by atoms with Crippen LogP contribution in [0.5, 0.6) is 0 Å². The summed E-state index contributed by atoms with van der Waals surface area (Å²) in [5, 5.41) is 0. The number of nitrogens with zero attached hydrogens (tertiary/aromatic N) is 1. The zero-order valence-corrected chi connectivity index (χ0v) is 6.82. The molecule has 54 valence electrons. The number of hydrogen-bond acceptors (Lipinski definition) is 1. The Kier molecular flexibility index (Phi) is 9.83. The maximum Gasteiger partial charge on any atom is 0.0273 e. The van der Waals surface area contributed by atoms with Crippen LogP contribution in [-0.4, -0.2) is 13.3 Å². The van der Waals surface area contributed by atoms with E-state index < -0.39 is 0 Å². The summed E-state index contributed by atoms with van der Waals surface area (Å²) < 4.78 is 0. The predicted molar refractivity (Wildman–Crippen MR) is 45.6 cm³/mol. The highest BCUT2D eigenvalue weighted by atomic mass is 35.5. The Balaban J connectivity index is 0. The summed E-state index contributed by atoms with van der Waals surface area (Å²) in [6.45, 7) is 5.74. The first-order chi connectivity index (χ1) is 3.81. The maximum absolute atomic E-state index is 3.88. The second kappa shape index (κ2) is 7.70. The van der Waals surface area contributed by atoms with Crippen LogP contribution in [0.15, 0.2) is 17.6 Å². The van der Waals surface area contributed by atoms with E-state index in [4.69, 9.17) is 0 Å². The van der Waals surface area contributed by atoms with Crippen molar-refractivity contribution in [2.24, 2.45) is 10.9 Å². The van der Waals surface area contributed by atoms with Crippen LogP contribution in [0.2, 0.25) is 0 Å². The van der Waals surface area contributed by atoms with Gasteiger partial charge < -0.3 is 4.99 Å². The highest BCUT2D eigenvalue weighted by Crippen LogP contribution is 1.96. The topological polar surface area (TPSA) is 12.4 Å². The van der Waals surface area contributed by atoms with Gasteiger partial charge in [-0.05, 0) is 12.3 Å². The van der Waals surface area contributed by atoms with E-state index in [9.17, 15) is 0 Å². The molecule has 0 rings (SSSR count). The zero-order valence-electron chi connectivity index (χ0n) is 6.00. The summed E-state index contributed by atoms with van der Waals surface area (Å²) in [6, 6.07) is 0. The molecule has 0 aliphatic carbocycles. The lowest BCUT2D eigenvalue weighted by atomic mass is 10.1. The predicted octanol–water partition coefficient (Wildman–Crippen LogP) is 2.32. The first-order valence-corrected chi connectivity index (χ1v) is 2.84. The average molecular weight is 148 g/mol. The van der Waals surface area contributed by atoms with Crippen molar-refractivity contribution in [2.75, 3.05) is 7.05 Å². The van der Waals surface area contributed by atoms with Crippen molar-refractivity contribution in [1.82, 2.24) is 0 Å². The van der Waals surface area contributed by atoms with Crippen molar-refractivity contribution in [3.63, 3.8) is 0 Å². The van der Waals surface area contributed by atoms with E-state index in [1.807, 2.05) is 12.3 Å². The second-order valence-electron chi connectivity index (χ2n) is 1.91. The largest absolute Gasteiger partial charge is 0.301 e. The average Bonchev–Trinajstić information content (AvgIpc) is 1.68. The molecule has 1 unspecified atom stereocenters. The third-order valence-electron chi connectivity index (χ3n) is 0.942. The molecule has 0 fully saturated rings. The normalized spacial score (nSPS) is 12.7. The summed E-state index contributed by atoms with van der Waals surface area (Å²) in [4.78, 5) is 3.88. The van der Waals surface area contributed by atoms with Crippen LogP contribution < -0.4 is 0 Å². The third kappa shape index (κ3) is 7.70. The molecule has 0 N–H and O–H groups in total. The van der Waals surface area contributed by atoms with Gasteiger partial charge in [0.15, 0.2) is 0 Å². The molecule has 0 aliphatic heterocycles. The maximum atomic E-state index is 3.88. The Hall–Kier alpha value is -0.300. The van der Waals surface area contributed by atoms with Crippen molar-refractivity contribution in [1.29, 1.82) is 0 Å². The quantitative estimate of drug-likeness (QED) is 0.429. The minimum Gasteiger partial charge on any atom is -0.301 e. The van der Waals surface area contributed by atoms with Gasteiger partial charge in [0.2, 0.25) is 0 Å². The summed E-state index contributed by atoms with van der Waals surface area (Å²) in [5.41, 5.74) is 0. The van der Waals surface area contributed by atoms with Gasteiger partial charge in [-0.3, -0.25) is 0 Å². The molecule has 0 amide bonds. The van der Waals surface area contributed by atoms with Gasteiger partial charge >= 0.3 is 0 Å². The molecule has 2 heteroatoms. The minimum absolute atomic E-state index is 0. The molecule has 0 radical (unpaired) electrons. The van der Waals surface area contributed by atoms with Gasteiger partial charge in [-0.1, -0.05) is 13.0 Å². The lowest BCUT2D eigenvalue weighted by Gasteiger charge is -1.96. The molecule has 1 atom stereocenters. The molecule has 0 aromatic heterocycles. The molecule has 0 spiro atoms. The highest BCUT2D eigenvalue weighted by molar-refractivity contribution is 5.85. The fourth-order valence-corrected chi connectivity index (χ4v) is 0.578. The minimum atomic E-state index is 0. The van der Waals surface area contributed by atoms with Gasteiger partial charge in [-0.2, -0.15) is 0 Å². The molecular weight excluding hydrogens is 134 g/mol. The molecule has 0 saturated carbocycles. The fraction of sp³-hybridized carbons (Fsp3) is 0.571. The molecule has 0 aromatic carbocycles. The second-order valence-corrected chi connectivity index (χ2v) is 1.91. The number of allylic oxidation sites excluding steroid dienone is 1. The summed E-state index contributed by atoms with van der Waals surface area (Å²) in [5.74, 6) is 0.553. The van der Waals surface area contributed by atoms with Crippen LogP contribution in [0, 0.1) is 5.92 Å². The van der Waals surface area contributed by atoms with E-state index in [2.05, 4.69) is 18.5 Å². The van der Waals surface area contributed by atoms with Crippen molar-refractivity contribution in [3.05, 3.63) is 12.7 Å². The van der Waals surface area contributed by atoms with Crippen LogP contribution in [0.1, 0.15) is 13.3 Å². The van der Waals surface area contributed by atoms with E-state index in [1.165, 1.54) is 0 Å². The Labute approximate surface area is 63.3 Å². The first-order valence-electron chi connectivity index (χ1n) is 2.84. The van der Waals surface area contributed by atoms with Gasteiger partial charge in [0.25, 0.3) is 0 Å². The molecular formula is C7H14ClN. The fourth-order valence-electron chi connectivity index (χ4n) is 0.578. The van der Waals surface area contributed by atoms with Crippen LogP contribution in [0.4, 0.5) is 0 Å². The molecule has 1 nitrogen and oxygen atoms in total. The molecule has 0 aromatic rings. The Morgan fingerprint density at radius 2 is 2.22 bits per heavy atom. The lowest BCUT2D eigenvalue weighted by molar-refractivity contribution is 0.808. The highest BCUT2D eigenvalue weighted by Gasteiger charge is 1.89. The third-order valence-corrected chi connectivity index (χ3v) is 0.942. The van der Waals surface area contributed by atoms with Crippen LogP contribution in [0.25, 0.3) is 0 Å². The molecule has 0 saturated heterocycles. The van der Waals surface area contributed by atoms with E-state index in [0.29, 0.717) is 5.92 Å². The van der Waals surface area contributed by atoms with Crippen molar-refractivity contribution in [2.45, 2.75) is 13.3 Å². The number of aliphatic imine (C=N–C) groups is 1. The van der Waals surface area contributed by atoms with E-state index >= 15 is 0 Å². The number of rotatable bonds is 3. The molecule has 0 aliphatic rings. The van der Waals surface area contributed by atoms with Crippen molar-refractivity contribution >= 4 is 18.6 Å². The van der Waals surface area contributed by atoms with Gasteiger partial charge in [-0.15, -0.1) is 19.0 Å². The standard InChI is InChI=1S/C7H13N.ClH/c1-4-5-7(2)6-8-3;/h4,6-7H,1,5H2,2-3H3;1H. The summed E-state index contributed by atoms with van der Waals surface area (Å²) in [7, 11) is 1.79. The lowest BCUT2D eigenvalue weighted by Crippen LogP contribution is -1.91. The van der Waals surface area contributed by atoms with Crippen LogP contribution in [-0.2, 0) is 0 Å². The van der Waals surface area contributed by atoms with E-state index in [0.717, 1.165) is 6.42 Å². The van der Waals surface area contributed by atoms with Gasteiger partial charge in [0.1, 0.15) is 0 Å². The Bertz CT molecular complexity index is 88.9. The van der Waals surface area contributed by atoms with Crippen molar-refractivity contribution in [3.8, 4) is 0 Å². The van der Waals surface area contributed by atoms with Gasteiger partial charge in [0, 0.05) is 13.3 Å². The number of hydrogen-bond donors (Lipinski definition) is 0. The Morgan fingerprint density at radius 3 is 2.56 bits per heavy atom. The monoisotopic (exact) mass is 147 g/mol. The smallest absolute Gasteiger partial charge is 0.0273 e. The van der Waals surface area contributed by atoms with Crippen molar-refractivity contribution < 1.29 is 0 Å². The molecule has 0 heterocycles. The summed E-state index contributed by atoms with van der Waals surface area (Å²) in [6.07, 6.45) is 4.87. The molecule has 9 heavy (non-hydrogen) atoms. The summed E-state index contributed by atoms with van der Waals surface area (Å²) >= 11 is 0. The SMILES string of the molecule is C=CCC(C)C=NC.Cl. The van der Waals surface area contributed by atoms with Gasteiger partial charge in [0.05, 0.1) is 0 Å². The van der Waals surface area contributed by atoms with Crippen LogP contribution in [0.3, 0.4) is 0 Å². The Morgan fingerprint density at radius 1 is 1.67 bits per heavy atom. The first kappa shape index (κ1) is 11.5. The molecule has 0 bridgehead atoms. The zero-order chi connectivity index (χ0) is 6.41. The van der Waals surface area contributed by atoms with E-state index in [1.54, 1.807) is 7.05 Å². The van der Waals surface area contributed by atoms with E-state index in [-0.39, 0.29) is 12.4 Å². The van der Waals surface area contributed by atoms with Crippen LogP contribution >= 0.6 is 12.4 Å². The van der Waals surface area contributed by atoms with Gasteiger partial charge in [-0.25, -0.2) is 0 Å².